The maximum absolute atomic E-state index is 12.4. The number of rotatable bonds is 4. The highest BCUT2D eigenvalue weighted by Crippen LogP contribution is 2.32. The summed E-state index contributed by atoms with van der Waals surface area (Å²) in [5, 5.41) is 5.96. The lowest BCUT2D eigenvalue weighted by Gasteiger charge is -2.06. The fourth-order valence-corrected chi connectivity index (χ4v) is 4.09. The summed E-state index contributed by atoms with van der Waals surface area (Å²) in [5.74, 6) is 0.459. The van der Waals surface area contributed by atoms with Crippen LogP contribution in [0.25, 0.3) is 21.0 Å². The predicted molar refractivity (Wildman–Crippen MR) is 110 cm³/mol. The molecule has 0 atom stereocenters. The van der Waals surface area contributed by atoms with Crippen LogP contribution in [-0.4, -0.2) is 10.9 Å². The van der Waals surface area contributed by atoms with E-state index in [1.54, 1.807) is 0 Å². The molecule has 0 saturated heterocycles. The topological polar surface area (TPSA) is 42.0 Å². The van der Waals surface area contributed by atoms with Gasteiger partial charge < -0.3 is 5.32 Å². The Balaban J connectivity index is 1.53. The van der Waals surface area contributed by atoms with Gasteiger partial charge in [0.15, 0.2) is 5.13 Å². The molecular weight excluding hydrogens is 340 g/mol. The number of anilines is 1. The molecule has 0 aliphatic rings. The molecule has 4 rings (SSSR count). The second-order valence-electron chi connectivity index (χ2n) is 6.78. The van der Waals surface area contributed by atoms with Gasteiger partial charge in [0, 0.05) is 5.39 Å². The van der Waals surface area contributed by atoms with Crippen LogP contribution in [-0.2, 0) is 11.2 Å². The van der Waals surface area contributed by atoms with Gasteiger partial charge in [-0.25, -0.2) is 4.98 Å². The number of hydrogen-bond acceptors (Lipinski definition) is 3. The van der Waals surface area contributed by atoms with Crippen molar-refractivity contribution in [2.45, 2.75) is 26.2 Å². The van der Waals surface area contributed by atoms with Crippen molar-refractivity contribution in [3.05, 3.63) is 71.8 Å². The molecule has 1 heterocycles. The van der Waals surface area contributed by atoms with Crippen LogP contribution in [0.2, 0.25) is 0 Å². The average molecular weight is 360 g/mol. The molecule has 3 nitrogen and oxygen atoms in total. The average Bonchev–Trinajstić information content (AvgIpc) is 3.05. The van der Waals surface area contributed by atoms with E-state index in [1.807, 2.05) is 30.3 Å². The number of thiazole rings is 1. The summed E-state index contributed by atoms with van der Waals surface area (Å²) in [6.07, 6.45) is 0.356. The zero-order valence-electron chi connectivity index (χ0n) is 14.8. The zero-order valence-corrected chi connectivity index (χ0v) is 15.6. The molecule has 4 aromatic rings. The lowest BCUT2D eigenvalue weighted by molar-refractivity contribution is -0.115. The Hall–Kier alpha value is -2.72. The first kappa shape index (κ1) is 16.7. The van der Waals surface area contributed by atoms with Crippen molar-refractivity contribution >= 4 is 43.4 Å². The van der Waals surface area contributed by atoms with Gasteiger partial charge in [-0.05, 0) is 28.5 Å². The number of benzene rings is 3. The molecule has 0 spiro atoms. The molecule has 4 heteroatoms. The molecule has 1 aromatic heterocycles. The van der Waals surface area contributed by atoms with Gasteiger partial charge in [-0.3, -0.25) is 4.79 Å². The molecule has 1 N–H and O–H groups in total. The van der Waals surface area contributed by atoms with Crippen molar-refractivity contribution in [1.82, 2.24) is 4.98 Å². The molecule has 0 aliphatic carbocycles. The Morgan fingerprint density at radius 1 is 1.04 bits per heavy atom. The molecule has 0 fully saturated rings. The minimum Gasteiger partial charge on any atom is -0.302 e. The molecule has 0 radical (unpaired) electrons. The maximum Gasteiger partial charge on any atom is 0.230 e. The standard InChI is InChI=1S/C22H20N2OS/c1-14(2)16-9-7-15(8-10-16)13-20(25)24-22-23-19-12-11-17-5-3-4-6-18(17)21(19)26-22/h3-12,14H,13H2,1-2H3,(H,23,24,25). The van der Waals surface area contributed by atoms with Gasteiger partial charge in [-0.1, -0.05) is 79.8 Å². The second-order valence-corrected chi connectivity index (χ2v) is 7.77. The fourth-order valence-electron chi connectivity index (χ4n) is 3.08. The highest BCUT2D eigenvalue weighted by molar-refractivity contribution is 7.23. The van der Waals surface area contributed by atoms with E-state index in [-0.39, 0.29) is 5.91 Å². The van der Waals surface area contributed by atoms with E-state index in [0.717, 1.165) is 15.8 Å². The van der Waals surface area contributed by atoms with E-state index >= 15 is 0 Å². The van der Waals surface area contributed by atoms with Crippen molar-refractivity contribution in [2.75, 3.05) is 5.32 Å². The van der Waals surface area contributed by atoms with Crippen LogP contribution in [0.4, 0.5) is 5.13 Å². The SMILES string of the molecule is CC(C)c1ccc(CC(=O)Nc2nc3ccc4ccccc4c3s2)cc1. The van der Waals surface area contributed by atoms with Crippen LogP contribution >= 0.6 is 11.3 Å². The quantitative estimate of drug-likeness (QED) is 0.503. The van der Waals surface area contributed by atoms with E-state index in [1.165, 1.54) is 27.7 Å². The number of amides is 1. The fraction of sp³-hybridized carbons (Fsp3) is 0.182. The van der Waals surface area contributed by atoms with Crippen LogP contribution in [0.1, 0.15) is 30.9 Å². The summed E-state index contributed by atoms with van der Waals surface area (Å²) in [6.45, 7) is 4.33. The second kappa shape index (κ2) is 6.89. The zero-order chi connectivity index (χ0) is 18.1. The van der Waals surface area contributed by atoms with Crippen LogP contribution in [0.5, 0.6) is 0 Å². The Morgan fingerprint density at radius 2 is 1.81 bits per heavy atom. The number of aromatic nitrogens is 1. The molecule has 130 valence electrons. The summed E-state index contributed by atoms with van der Waals surface area (Å²) >= 11 is 1.53. The summed E-state index contributed by atoms with van der Waals surface area (Å²) in [4.78, 5) is 17.0. The van der Waals surface area contributed by atoms with Gasteiger partial charge in [0.1, 0.15) is 0 Å². The van der Waals surface area contributed by atoms with Crippen molar-refractivity contribution in [3.63, 3.8) is 0 Å². The Labute approximate surface area is 156 Å². The van der Waals surface area contributed by atoms with Gasteiger partial charge in [0.25, 0.3) is 0 Å². The minimum absolute atomic E-state index is 0.0364. The lowest BCUT2D eigenvalue weighted by atomic mass is 10.0. The first-order chi connectivity index (χ1) is 12.6. The third-order valence-electron chi connectivity index (χ3n) is 4.54. The highest BCUT2D eigenvalue weighted by atomic mass is 32.1. The predicted octanol–water partition coefficient (Wildman–Crippen LogP) is 5.75. The largest absolute Gasteiger partial charge is 0.302 e. The number of fused-ring (bicyclic) bond motifs is 3. The lowest BCUT2D eigenvalue weighted by Crippen LogP contribution is -2.14. The Bertz CT molecular complexity index is 1080. The number of nitrogens with zero attached hydrogens (tertiary/aromatic N) is 1. The van der Waals surface area contributed by atoms with E-state index < -0.39 is 0 Å². The van der Waals surface area contributed by atoms with Crippen LogP contribution in [0.15, 0.2) is 60.7 Å². The van der Waals surface area contributed by atoms with E-state index in [9.17, 15) is 4.79 Å². The minimum atomic E-state index is -0.0364. The summed E-state index contributed by atoms with van der Waals surface area (Å²) < 4.78 is 1.11. The van der Waals surface area contributed by atoms with Crippen molar-refractivity contribution in [1.29, 1.82) is 0 Å². The van der Waals surface area contributed by atoms with Gasteiger partial charge in [-0.2, -0.15) is 0 Å². The van der Waals surface area contributed by atoms with E-state index in [2.05, 4.69) is 54.5 Å². The summed E-state index contributed by atoms with van der Waals surface area (Å²) in [5.41, 5.74) is 3.22. The smallest absolute Gasteiger partial charge is 0.230 e. The van der Waals surface area contributed by atoms with E-state index in [4.69, 9.17) is 0 Å². The van der Waals surface area contributed by atoms with Gasteiger partial charge >= 0.3 is 0 Å². The van der Waals surface area contributed by atoms with Crippen LogP contribution < -0.4 is 5.32 Å². The normalized spacial score (nSPS) is 11.3. The summed E-state index contributed by atoms with van der Waals surface area (Å²) in [7, 11) is 0. The molecule has 0 unspecified atom stereocenters. The third kappa shape index (κ3) is 3.33. The van der Waals surface area contributed by atoms with Crippen molar-refractivity contribution < 1.29 is 4.79 Å². The third-order valence-corrected chi connectivity index (χ3v) is 5.56. The van der Waals surface area contributed by atoms with Crippen molar-refractivity contribution in [2.24, 2.45) is 0 Å². The number of carbonyl (C=O) groups excluding carboxylic acids is 1. The monoisotopic (exact) mass is 360 g/mol. The molecule has 3 aromatic carbocycles. The molecule has 26 heavy (non-hydrogen) atoms. The van der Waals surface area contributed by atoms with Gasteiger partial charge in [0.2, 0.25) is 5.91 Å². The first-order valence-corrected chi connectivity index (χ1v) is 9.59. The van der Waals surface area contributed by atoms with Gasteiger partial charge in [0.05, 0.1) is 16.6 Å². The van der Waals surface area contributed by atoms with Crippen molar-refractivity contribution in [3.8, 4) is 0 Å². The number of nitrogens with one attached hydrogen (secondary N) is 1. The molecule has 0 bridgehead atoms. The molecule has 0 saturated carbocycles. The molecule has 0 aliphatic heterocycles. The van der Waals surface area contributed by atoms with Crippen LogP contribution in [0, 0.1) is 0 Å². The Kier molecular flexibility index (Phi) is 4.43. The highest BCUT2D eigenvalue weighted by Gasteiger charge is 2.11. The van der Waals surface area contributed by atoms with Gasteiger partial charge in [-0.15, -0.1) is 0 Å². The van der Waals surface area contributed by atoms with Crippen LogP contribution in [0.3, 0.4) is 0 Å². The summed E-state index contributed by atoms with van der Waals surface area (Å²) in [6, 6.07) is 20.6. The number of hydrogen-bond donors (Lipinski definition) is 1. The maximum atomic E-state index is 12.4. The first-order valence-electron chi connectivity index (χ1n) is 8.77. The number of carbonyl (C=O) groups is 1. The molecule has 1 amide bonds. The Morgan fingerprint density at radius 3 is 2.58 bits per heavy atom. The van der Waals surface area contributed by atoms with E-state index in [0.29, 0.717) is 17.5 Å². The molecular formula is C22H20N2OS.